The van der Waals surface area contributed by atoms with Gasteiger partial charge in [0, 0.05) is 13.0 Å². The van der Waals surface area contributed by atoms with E-state index in [1.165, 1.54) is 24.6 Å². The second-order valence-electron chi connectivity index (χ2n) is 8.00. The number of thiocarbonyl (C=S) groups is 1. The fourth-order valence-electron chi connectivity index (χ4n) is 3.51. The van der Waals surface area contributed by atoms with Crippen LogP contribution in [0.2, 0.25) is 0 Å². The van der Waals surface area contributed by atoms with Gasteiger partial charge in [-0.2, -0.15) is 0 Å². The molecule has 1 aliphatic rings. The molecule has 0 atom stereocenters. The monoisotopic (exact) mass is 507 g/mol. The molecule has 0 unspecified atom stereocenters. The van der Waals surface area contributed by atoms with Gasteiger partial charge < -0.3 is 14.2 Å². The van der Waals surface area contributed by atoms with E-state index in [1.807, 2.05) is 31.2 Å². The van der Waals surface area contributed by atoms with Crippen molar-refractivity contribution in [3.05, 3.63) is 28.7 Å². The van der Waals surface area contributed by atoms with Crippen LogP contribution in [0.4, 0.5) is 0 Å². The molecule has 1 saturated heterocycles. The van der Waals surface area contributed by atoms with Gasteiger partial charge in [-0.1, -0.05) is 62.7 Å². The standard InChI is InChI=1S/C26H37NO5S2/c1-4-7-8-12-17-32-21-15-14-20(18-22(21)30-5-2)19-23-25(29)27(26(33)34-23)16-11-9-10-13-24(28)31-6-3/h14-15,18-19H,4-13,16-17H2,1-3H3/b23-19-. The van der Waals surface area contributed by atoms with Crippen LogP contribution in [0.25, 0.3) is 6.08 Å². The van der Waals surface area contributed by atoms with Crippen molar-refractivity contribution in [2.24, 2.45) is 0 Å². The zero-order valence-corrected chi connectivity index (χ0v) is 22.2. The Hall–Kier alpha value is -2.06. The predicted molar refractivity (Wildman–Crippen MR) is 142 cm³/mol. The van der Waals surface area contributed by atoms with Crippen LogP contribution >= 0.6 is 24.0 Å². The highest BCUT2D eigenvalue weighted by molar-refractivity contribution is 8.26. The van der Waals surface area contributed by atoms with Crippen molar-refractivity contribution in [1.82, 2.24) is 4.90 Å². The van der Waals surface area contributed by atoms with Gasteiger partial charge in [0.1, 0.15) is 4.32 Å². The lowest BCUT2D eigenvalue weighted by atomic mass is 10.1. The van der Waals surface area contributed by atoms with Crippen LogP contribution in [0, 0.1) is 0 Å². The Labute approximate surface area is 213 Å². The van der Waals surface area contributed by atoms with Crippen LogP contribution in [0.5, 0.6) is 11.5 Å². The van der Waals surface area contributed by atoms with Gasteiger partial charge in [-0.25, -0.2) is 0 Å². The number of benzene rings is 1. The summed E-state index contributed by atoms with van der Waals surface area (Å²) >= 11 is 6.76. The third-order valence-electron chi connectivity index (χ3n) is 5.26. The Balaban J connectivity index is 1.93. The Morgan fingerprint density at radius 1 is 1.00 bits per heavy atom. The van der Waals surface area contributed by atoms with Crippen LogP contribution < -0.4 is 9.47 Å². The van der Waals surface area contributed by atoms with Crippen LogP contribution in [0.15, 0.2) is 23.1 Å². The first-order chi connectivity index (χ1) is 16.5. The van der Waals surface area contributed by atoms with E-state index < -0.39 is 0 Å². The molecule has 188 valence electrons. The van der Waals surface area contributed by atoms with Gasteiger partial charge in [0.15, 0.2) is 11.5 Å². The van der Waals surface area contributed by atoms with E-state index in [9.17, 15) is 9.59 Å². The Morgan fingerprint density at radius 3 is 2.53 bits per heavy atom. The summed E-state index contributed by atoms with van der Waals surface area (Å²) in [4.78, 5) is 26.6. The number of esters is 1. The van der Waals surface area contributed by atoms with Crippen molar-refractivity contribution < 1.29 is 23.8 Å². The molecule has 0 saturated carbocycles. The van der Waals surface area contributed by atoms with E-state index in [-0.39, 0.29) is 11.9 Å². The molecule has 0 radical (unpaired) electrons. The molecule has 0 aliphatic carbocycles. The first-order valence-electron chi connectivity index (χ1n) is 12.3. The number of unbranched alkanes of at least 4 members (excludes halogenated alkanes) is 5. The summed E-state index contributed by atoms with van der Waals surface area (Å²) in [5, 5.41) is 0. The molecule has 1 amide bonds. The number of ether oxygens (including phenoxy) is 3. The second-order valence-corrected chi connectivity index (χ2v) is 9.67. The van der Waals surface area contributed by atoms with E-state index in [1.54, 1.807) is 11.8 Å². The zero-order valence-electron chi connectivity index (χ0n) is 20.6. The fourth-order valence-corrected chi connectivity index (χ4v) is 4.81. The minimum atomic E-state index is -0.171. The van der Waals surface area contributed by atoms with E-state index in [4.69, 9.17) is 26.4 Å². The van der Waals surface area contributed by atoms with E-state index >= 15 is 0 Å². The van der Waals surface area contributed by atoms with Crippen LogP contribution in [0.1, 0.15) is 77.7 Å². The number of carbonyl (C=O) groups excluding carboxylic acids is 2. The minimum absolute atomic E-state index is 0.0744. The molecule has 0 spiro atoms. The van der Waals surface area contributed by atoms with Gasteiger partial charge in [0.2, 0.25) is 0 Å². The quantitative estimate of drug-likeness (QED) is 0.111. The van der Waals surface area contributed by atoms with Crippen molar-refractivity contribution in [3.63, 3.8) is 0 Å². The molecular formula is C26H37NO5S2. The first kappa shape index (κ1) is 28.2. The van der Waals surface area contributed by atoms with Gasteiger partial charge in [0.05, 0.1) is 24.7 Å². The maximum absolute atomic E-state index is 12.9. The van der Waals surface area contributed by atoms with Gasteiger partial charge in [-0.15, -0.1) is 0 Å². The second kappa shape index (κ2) is 15.8. The lowest BCUT2D eigenvalue weighted by Gasteiger charge is -2.14. The number of carbonyl (C=O) groups is 2. The summed E-state index contributed by atoms with van der Waals surface area (Å²) in [6.07, 6.45) is 9.23. The highest BCUT2D eigenvalue weighted by Crippen LogP contribution is 2.35. The molecule has 34 heavy (non-hydrogen) atoms. The van der Waals surface area contributed by atoms with Crippen molar-refractivity contribution in [1.29, 1.82) is 0 Å². The van der Waals surface area contributed by atoms with Gasteiger partial charge >= 0.3 is 5.97 Å². The average molecular weight is 508 g/mol. The fraction of sp³-hybridized carbons (Fsp3) is 0.577. The highest BCUT2D eigenvalue weighted by atomic mass is 32.2. The molecule has 6 nitrogen and oxygen atoms in total. The average Bonchev–Trinajstić information content (AvgIpc) is 3.07. The highest BCUT2D eigenvalue weighted by Gasteiger charge is 2.31. The molecule has 1 heterocycles. The summed E-state index contributed by atoms with van der Waals surface area (Å²) in [7, 11) is 0. The topological polar surface area (TPSA) is 65.1 Å². The Bertz CT molecular complexity index is 856. The number of nitrogens with zero attached hydrogens (tertiary/aromatic N) is 1. The SMILES string of the molecule is CCCCCCOc1ccc(/C=C2\SC(=S)N(CCCCCC(=O)OCC)C2=O)cc1OCC. The molecule has 0 bridgehead atoms. The lowest BCUT2D eigenvalue weighted by Crippen LogP contribution is -2.29. The Morgan fingerprint density at radius 2 is 1.79 bits per heavy atom. The predicted octanol–water partition coefficient (Wildman–Crippen LogP) is 6.37. The van der Waals surface area contributed by atoms with Gasteiger partial charge in [-0.05, 0) is 56.9 Å². The summed E-state index contributed by atoms with van der Waals surface area (Å²) < 4.78 is 17.2. The normalized spacial score (nSPS) is 14.7. The maximum Gasteiger partial charge on any atom is 0.305 e. The maximum atomic E-state index is 12.9. The number of hydrogen-bond acceptors (Lipinski definition) is 7. The molecule has 8 heteroatoms. The molecule has 0 aromatic heterocycles. The third-order valence-corrected chi connectivity index (χ3v) is 6.64. The largest absolute Gasteiger partial charge is 0.490 e. The molecule has 2 rings (SSSR count). The van der Waals surface area contributed by atoms with Crippen LogP contribution in [-0.4, -0.2) is 47.5 Å². The number of thioether (sulfide) groups is 1. The summed E-state index contributed by atoms with van der Waals surface area (Å²) in [5.74, 6) is 1.17. The van der Waals surface area contributed by atoms with E-state index in [2.05, 4.69) is 6.92 Å². The van der Waals surface area contributed by atoms with E-state index in [0.717, 1.165) is 43.4 Å². The van der Waals surface area contributed by atoms with Crippen molar-refractivity contribution in [2.45, 2.75) is 72.1 Å². The summed E-state index contributed by atoms with van der Waals surface area (Å²) in [6.45, 7) is 8.09. The van der Waals surface area contributed by atoms with Crippen molar-refractivity contribution >= 4 is 46.3 Å². The summed E-state index contributed by atoms with van der Waals surface area (Å²) in [6, 6.07) is 5.75. The number of hydrogen-bond donors (Lipinski definition) is 0. The molecule has 1 aromatic carbocycles. The van der Waals surface area contributed by atoms with Crippen molar-refractivity contribution in [2.75, 3.05) is 26.4 Å². The molecular weight excluding hydrogens is 470 g/mol. The van der Waals surface area contributed by atoms with E-state index in [0.29, 0.717) is 47.8 Å². The molecule has 0 N–H and O–H groups in total. The van der Waals surface area contributed by atoms with Crippen LogP contribution in [-0.2, 0) is 14.3 Å². The third kappa shape index (κ3) is 9.29. The summed E-state index contributed by atoms with van der Waals surface area (Å²) in [5.41, 5.74) is 0.872. The molecule has 1 fully saturated rings. The first-order valence-corrected chi connectivity index (χ1v) is 13.5. The zero-order chi connectivity index (χ0) is 24.8. The van der Waals surface area contributed by atoms with Gasteiger partial charge in [-0.3, -0.25) is 14.5 Å². The lowest BCUT2D eigenvalue weighted by molar-refractivity contribution is -0.143. The number of amides is 1. The molecule has 1 aliphatic heterocycles. The minimum Gasteiger partial charge on any atom is -0.490 e. The van der Waals surface area contributed by atoms with Crippen LogP contribution in [0.3, 0.4) is 0 Å². The van der Waals surface area contributed by atoms with Crippen molar-refractivity contribution in [3.8, 4) is 11.5 Å². The smallest absolute Gasteiger partial charge is 0.305 e. The Kier molecular flexibility index (Phi) is 13.1. The van der Waals surface area contributed by atoms with Gasteiger partial charge in [0.25, 0.3) is 5.91 Å². The number of rotatable bonds is 16. The molecule has 1 aromatic rings.